The van der Waals surface area contributed by atoms with Crippen molar-refractivity contribution in [3.8, 4) is 0 Å². The lowest BCUT2D eigenvalue weighted by molar-refractivity contribution is 0.430. The van der Waals surface area contributed by atoms with E-state index in [1.807, 2.05) is 11.6 Å². The molecule has 0 saturated carbocycles. The Kier molecular flexibility index (Phi) is 6.33. The SMILES string of the molecule is CCCNC(CC)c1c(C)nn(CCCF)c1C. The summed E-state index contributed by atoms with van der Waals surface area (Å²) in [5.74, 6) is 0. The van der Waals surface area contributed by atoms with E-state index in [-0.39, 0.29) is 6.67 Å². The first-order valence-electron chi connectivity index (χ1n) is 6.98. The van der Waals surface area contributed by atoms with E-state index in [9.17, 15) is 4.39 Å². The standard InChI is InChI=1S/C14H26FN3/c1-5-9-16-13(6-2)14-11(3)17-18(12(14)4)10-7-8-15/h13,16H,5-10H2,1-4H3. The van der Waals surface area contributed by atoms with Gasteiger partial charge in [0.15, 0.2) is 0 Å². The number of hydrogen-bond acceptors (Lipinski definition) is 2. The molecule has 1 aromatic heterocycles. The zero-order valence-electron chi connectivity index (χ0n) is 12.1. The lowest BCUT2D eigenvalue weighted by Gasteiger charge is -2.17. The van der Waals surface area contributed by atoms with E-state index in [1.165, 1.54) is 11.3 Å². The number of rotatable bonds is 8. The third kappa shape index (κ3) is 3.55. The van der Waals surface area contributed by atoms with Crippen LogP contribution in [-0.2, 0) is 6.54 Å². The van der Waals surface area contributed by atoms with Gasteiger partial charge in [-0.3, -0.25) is 9.07 Å². The molecule has 0 aliphatic heterocycles. The van der Waals surface area contributed by atoms with Crippen LogP contribution < -0.4 is 5.32 Å². The predicted molar refractivity (Wildman–Crippen MR) is 73.6 cm³/mol. The van der Waals surface area contributed by atoms with E-state index in [1.54, 1.807) is 0 Å². The summed E-state index contributed by atoms with van der Waals surface area (Å²) in [6.45, 7) is 9.91. The Morgan fingerprint density at radius 1 is 1.33 bits per heavy atom. The van der Waals surface area contributed by atoms with Crippen molar-refractivity contribution in [3.05, 3.63) is 17.0 Å². The molecule has 1 N–H and O–H groups in total. The van der Waals surface area contributed by atoms with Crippen LogP contribution >= 0.6 is 0 Å². The van der Waals surface area contributed by atoms with Gasteiger partial charge in [0.25, 0.3) is 0 Å². The van der Waals surface area contributed by atoms with Crippen molar-refractivity contribution >= 4 is 0 Å². The first kappa shape index (κ1) is 15.2. The summed E-state index contributed by atoms with van der Waals surface area (Å²) in [6.07, 6.45) is 2.72. The van der Waals surface area contributed by atoms with Gasteiger partial charge in [-0.2, -0.15) is 5.10 Å². The molecule has 0 aromatic carbocycles. The smallest absolute Gasteiger partial charge is 0.0912 e. The van der Waals surface area contributed by atoms with E-state index < -0.39 is 0 Å². The number of aromatic nitrogens is 2. The second-order valence-corrected chi connectivity index (χ2v) is 4.77. The average Bonchev–Trinajstić information content (AvgIpc) is 2.64. The summed E-state index contributed by atoms with van der Waals surface area (Å²) < 4.78 is 14.2. The molecule has 4 heteroatoms. The van der Waals surface area contributed by atoms with E-state index in [0.29, 0.717) is 19.0 Å². The Hall–Kier alpha value is -0.900. The van der Waals surface area contributed by atoms with Crippen molar-refractivity contribution in [3.63, 3.8) is 0 Å². The number of hydrogen-bond donors (Lipinski definition) is 1. The number of aryl methyl sites for hydroxylation is 2. The molecule has 0 saturated heterocycles. The van der Waals surface area contributed by atoms with E-state index in [2.05, 4.69) is 31.2 Å². The molecule has 0 bridgehead atoms. The van der Waals surface area contributed by atoms with Gasteiger partial charge in [0.2, 0.25) is 0 Å². The Labute approximate surface area is 110 Å². The fourth-order valence-electron chi connectivity index (χ4n) is 2.41. The van der Waals surface area contributed by atoms with Gasteiger partial charge in [-0.25, -0.2) is 0 Å². The molecule has 0 fully saturated rings. The molecule has 104 valence electrons. The Balaban J connectivity index is 2.88. The summed E-state index contributed by atoms with van der Waals surface area (Å²) >= 11 is 0. The average molecular weight is 255 g/mol. The van der Waals surface area contributed by atoms with E-state index in [0.717, 1.165) is 25.1 Å². The monoisotopic (exact) mass is 255 g/mol. The lowest BCUT2D eigenvalue weighted by atomic mass is 10.0. The molecule has 0 aliphatic carbocycles. The Morgan fingerprint density at radius 2 is 2.06 bits per heavy atom. The highest BCUT2D eigenvalue weighted by atomic mass is 19.1. The van der Waals surface area contributed by atoms with Crippen LogP contribution in [0.15, 0.2) is 0 Å². The molecule has 0 amide bonds. The van der Waals surface area contributed by atoms with E-state index in [4.69, 9.17) is 0 Å². The topological polar surface area (TPSA) is 29.9 Å². The zero-order chi connectivity index (χ0) is 13.5. The minimum atomic E-state index is -0.279. The highest BCUT2D eigenvalue weighted by molar-refractivity contribution is 5.28. The number of nitrogens with one attached hydrogen (secondary N) is 1. The van der Waals surface area contributed by atoms with Crippen LogP contribution in [0.2, 0.25) is 0 Å². The van der Waals surface area contributed by atoms with Gasteiger partial charge in [-0.1, -0.05) is 13.8 Å². The normalized spacial score (nSPS) is 12.9. The molecule has 1 rings (SSSR count). The third-order valence-corrected chi connectivity index (χ3v) is 3.34. The van der Waals surface area contributed by atoms with Gasteiger partial charge in [0.05, 0.1) is 12.4 Å². The fourth-order valence-corrected chi connectivity index (χ4v) is 2.41. The van der Waals surface area contributed by atoms with Crippen molar-refractivity contribution in [1.82, 2.24) is 15.1 Å². The molecular weight excluding hydrogens is 229 g/mol. The van der Waals surface area contributed by atoms with Crippen LogP contribution in [0.3, 0.4) is 0 Å². The van der Waals surface area contributed by atoms with Crippen LogP contribution in [0, 0.1) is 13.8 Å². The summed E-state index contributed by atoms with van der Waals surface area (Å²) in [4.78, 5) is 0. The highest BCUT2D eigenvalue weighted by Crippen LogP contribution is 2.24. The van der Waals surface area contributed by atoms with Gasteiger partial charge in [-0.15, -0.1) is 0 Å². The van der Waals surface area contributed by atoms with Crippen LogP contribution in [0.1, 0.15) is 56.1 Å². The Bertz CT molecular complexity index is 360. The minimum absolute atomic E-state index is 0.279. The molecule has 1 atom stereocenters. The second kappa shape index (κ2) is 7.52. The molecule has 0 spiro atoms. The molecule has 1 aromatic rings. The molecule has 3 nitrogen and oxygen atoms in total. The summed E-state index contributed by atoms with van der Waals surface area (Å²) in [6, 6.07) is 0.365. The van der Waals surface area contributed by atoms with Crippen LogP contribution in [0.4, 0.5) is 4.39 Å². The fraction of sp³-hybridized carbons (Fsp3) is 0.786. The van der Waals surface area contributed by atoms with Crippen molar-refractivity contribution in [1.29, 1.82) is 0 Å². The minimum Gasteiger partial charge on any atom is -0.310 e. The van der Waals surface area contributed by atoms with Crippen molar-refractivity contribution in [2.75, 3.05) is 13.2 Å². The maximum atomic E-state index is 12.3. The van der Waals surface area contributed by atoms with E-state index >= 15 is 0 Å². The van der Waals surface area contributed by atoms with Gasteiger partial charge >= 0.3 is 0 Å². The summed E-state index contributed by atoms with van der Waals surface area (Å²) in [5, 5.41) is 8.09. The van der Waals surface area contributed by atoms with Crippen molar-refractivity contribution in [2.45, 2.75) is 59.5 Å². The quantitative estimate of drug-likeness (QED) is 0.772. The van der Waals surface area contributed by atoms with Crippen LogP contribution in [0.25, 0.3) is 0 Å². The second-order valence-electron chi connectivity index (χ2n) is 4.77. The highest BCUT2D eigenvalue weighted by Gasteiger charge is 2.18. The molecule has 0 radical (unpaired) electrons. The number of alkyl halides is 1. The number of halogens is 1. The molecule has 1 unspecified atom stereocenters. The van der Waals surface area contributed by atoms with Crippen LogP contribution in [-0.4, -0.2) is 23.0 Å². The van der Waals surface area contributed by atoms with Gasteiger partial charge in [0, 0.05) is 23.8 Å². The molecule has 1 heterocycles. The predicted octanol–water partition coefficient (Wildman–Crippen LogP) is 3.31. The van der Waals surface area contributed by atoms with Crippen LogP contribution in [0.5, 0.6) is 0 Å². The number of nitrogens with zero attached hydrogens (tertiary/aromatic N) is 2. The summed E-state index contributed by atoms with van der Waals surface area (Å²) in [7, 11) is 0. The molecule has 0 aliphatic rings. The molecular formula is C14H26FN3. The lowest BCUT2D eigenvalue weighted by Crippen LogP contribution is -2.22. The molecule has 18 heavy (non-hydrogen) atoms. The van der Waals surface area contributed by atoms with Crippen molar-refractivity contribution < 1.29 is 4.39 Å². The third-order valence-electron chi connectivity index (χ3n) is 3.34. The van der Waals surface area contributed by atoms with Gasteiger partial charge < -0.3 is 5.32 Å². The largest absolute Gasteiger partial charge is 0.310 e. The zero-order valence-corrected chi connectivity index (χ0v) is 12.1. The van der Waals surface area contributed by atoms with Gasteiger partial charge in [0.1, 0.15) is 0 Å². The van der Waals surface area contributed by atoms with Crippen molar-refractivity contribution in [2.24, 2.45) is 0 Å². The summed E-state index contributed by atoms with van der Waals surface area (Å²) in [5.41, 5.74) is 3.54. The Morgan fingerprint density at radius 3 is 2.61 bits per heavy atom. The maximum absolute atomic E-state index is 12.3. The first-order chi connectivity index (χ1) is 8.65. The van der Waals surface area contributed by atoms with Gasteiger partial charge in [-0.05, 0) is 39.7 Å². The first-order valence-corrected chi connectivity index (χ1v) is 6.98. The maximum Gasteiger partial charge on any atom is 0.0912 e.